The number of rotatable bonds is 7. The zero-order chi connectivity index (χ0) is 22.4. The van der Waals surface area contributed by atoms with Crippen LogP contribution < -0.4 is 9.20 Å². The van der Waals surface area contributed by atoms with Crippen molar-refractivity contribution in [3.05, 3.63) is 83.4 Å². The average Bonchev–Trinajstić information content (AvgIpc) is 2.76. The van der Waals surface area contributed by atoms with Gasteiger partial charge in [-0.1, -0.05) is 0 Å². The van der Waals surface area contributed by atoms with Crippen LogP contribution in [0.2, 0.25) is 0 Å². The van der Waals surface area contributed by atoms with Crippen molar-refractivity contribution in [3.63, 3.8) is 0 Å². The van der Waals surface area contributed by atoms with Gasteiger partial charge in [-0.05, 0) is 0 Å². The van der Waals surface area contributed by atoms with E-state index in [9.17, 15) is 22.5 Å². The molecule has 0 bridgehead atoms. The molecular weight excluding hydrogens is 479 g/mol. The van der Waals surface area contributed by atoms with Gasteiger partial charge in [0.05, 0.1) is 0 Å². The molecule has 0 N–H and O–H groups in total. The molecule has 0 atom stereocenters. The van der Waals surface area contributed by atoms with Crippen LogP contribution in [0.5, 0.6) is 5.75 Å². The summed E-state index contributed by atoms with van der Waals surface area (Å²) in [6.45, 7) is 1.35. The molecule has 0 aromatic heterocycles. The average molecular weight is 497 g/mol. The molecule has 0 fully saturated rings. The van der Waals surface area contributed by atoms with E-state index in [1.807, 2.05) is 43.3 Å². The van der Waals surface area contributed by atoms with E-state index >= 15 is 0 Å². The Morgan fingerprint density at radius 1 is 0.935 bits per heavy atom. The standard InChI is InChI=1S/C23H18F4O3Se/c1-15-12-20(10-11-21(15)29-13-22(28)30-27)31-14-16-2-4-17(5-3-16)18-6-8-19(9-7-18)23(24,25)26/h2-12H,13-14H2,1H3. The Hall–Kier alpha value is -2.83. The zero-order valence-corrected chi connectivity index (χ0v) is 18.1. The third-order valence-corrected chi connectivity index (χ3v) is 6.72. The van der Waals surface area contributed by atoms with Crippen molar-refractivity contribution in [3.8, 4) is 16.9 Å². The van der Waals surface area contributed by atoms with Crippen molar-refractivity contribution in [2.45, 2.75) is 18.4 Å². The van der Waals surface area contributed by atoms with Crippen molar-refractivity contribution in [2.24, 2.45) is 0 Å². The van der Waals surface area contributed by atoms with Crippen LogP contribution in [-0.2, 0) is 21.2 Å². The molecule has 3 nitrogen and oxygen atoms in total. The summed E-state index contributed by atoms with van der Waals surface area (Å²) >= 11 is 0.150. The molecule has 162 valence electrons. The Morgan fingerprint density at radius 3 is 2.10 bits per heavy atom. The quantitative estimate of drug-likeness (QED) is 0.340. The van der Waals surface area contributed by atoms with Gasteiger partial charge in [-0.15, -0.1) is 0 Å². The van der Waals surface area contributed by atoms with Gasteiger partial charge in [0.15, 0.2) is 0 Å². The molecule has 0 saturated carbocycles. The number of hydrogen-bond acceptors (Lipinski definition) is 3. The first-order valence-electron chi connectivity index (χ1n) is 9.20. The van der Waals surface area contributed by atoms with Crippen LogP contribution >= 0.6 is 0 Å². The second-order valence-corrected chi connectivity index (χ2v) is 8.93. The van der Waals surface area contributed by atoms with Gasteiger partial charge in [0.1, 0.15) is 0 Å². The molecule has 0 aliphatic rings. The summed E-state index contributed by atoms with van der Waals surface area (Å²) in [7, 11) is 0. The van der Waals surface area contributed by atoms with Crippen LogP contribution in [0.25, 0.3) is 11.1 Å². The molecule has 0 spiro atoms. The van der Waals surface area contributed by atoms with Crippen molar-refractivity contribution in [2.75, 3.05) is 6.61 Å². The molecule has 3 aromatic carbocycles. The minimum atomic E-state index is -4.34. The van der Waals surface area contributed by atoms with E-state index in [1.54, 1.807) is 6.07 Å². The number of carbonyl (C=O) groups is 1. The summed E-state index contributed by atoms with van der Waals surface area (Å²) in [6.07, 6.45) is -4.34. The van der Waals surface area contributed by atoms with Crippen molar-refractivity contribution in [1.29, 1.82) is 0 Å². The number of benzene rings is 3. The number of halogens is 4. The first-order chi connectivity index (χ1) is 14.8. The molecular formula is C23H18F4O3Se. The molecule has 3 rings (SSSR count). The molecule has 0 heterocycles. The number of hydrogen-bond donors (Lipinski definition) is 0. The fourth-order valence-corrected chi connectivity index (χ4v) is 4.84. The van der Waals surface area contributed by atoms with E-state index in [0.29, 0.717) is 5.75 Å². The topological polar surface area (TPSA) is 35.5 Å². The SMILES string of the molecule is Cc1cc([Se]Cc2ccc(-c3ccc(C(F)(F)F)cc3)cc2)ccc1OCC(=O)OF. The Kier molecular flexibility index (Phi) is 7.36. The maximum atomic E-state index is 12.7. The number of ether oxygens (including phenoxy) is 1. The van der Waals surface area contributed by atoms with Gasteiger partial charge in [0.2, 0.25) is 0 Å². The van der Waals surface area contributed by atoms with Crippen LogP contribution in [0, 0.1) is 6.92 Å². The summed E-state index contributed by atoms with van der Waals surface area (Å²) in [5, 5.41) is 0.841. The summed E-state index contributed by atoms with van der Waals surface area (Å²) in [5.74, 6) is -0.599. The predicted octanol–water partition coefficient (Wildman–Crippen LogP) is 5.02. The van der Waals surface area contributed by atoms with Crippen molar-refractivity contribution < 1.29 is 32.2 Å². The molecule has 3 aromatic rings. The van der Waals surface area contributed by atoms with Gasteiger partial charge in [0.25, 0.3) is 0 Å². The van der Waals surface area contributed by atoms with E-state index in [1.165, 1.54) is 12.1 Å². The monoisotopic (exact) mass is 498 g/mol. The summed E-state index contributed by atoms with van der Waals surface area (Å²) in [4.78, 5) is 13.9. The molecule has 0 aliphatic heterocycles. The van der Waals surface area contributed by atoms with E-state index < -0.39 is 24.3 Å². The molecule has 31 heavy (non-hydrogen) atoms. The van der Waals surface area contributed by atoms with Gasteiger partial charge >= 0.3 is 183 Å². The van der Waals surface area contributed by atoms with Crippen LogP contribution in [0.1, 0.15) is 16.7 Å². The van der Waals surface area contributed by atoms with Crippen LogP contribution in [-0.4, -0.2) is 27.5 Å². The fraction of sp³-hybridized carbons (Fsp3) is 0.174. The van der Waals surface area contributed by atoms with Gasteiger partial charge in [-0.3, -0.25) is 0 Å². The van der Waals surface area contributed by atoms with Gasteiger partial charge in [-0.25, -0.2) is 0 Å². The number of carbonyl (C=O) groups excluding carboxylic acids is 1. The fourth-order valence-electron chi connectivity index (χ4n) is 2.84. The Morgan fingerprint density at radius 2 is 1.55 bits per heavy atom. The molecule has 8 heteroatoms. The van der Waals surface area contributed by atoms with Gasteiger partial charge in [0, 0.05) is 0 Å². The summed E-state index contributed by atoms with van der Waals surface area (Å²) < 4.78 is 56.2. The van der Waals surface area contributed by atoms with Crippen molar-refractivity contribution in [1.82, 2.24) is 0 Å². The van der Waals surface area contributed by atoms with E-state index in [-0.39, 0.29) is 15.0 Å². The van der Waals surface area contributed by atoms with E-state index in [4.69, 9.17) is 4.74 Å². The number of aryl methyl sites for hydroxylation is 1. The summed E-state index contributed by atoms with van der Waals surface area (Å²) in [6, 6.07) is 18.5. The van der Waals surface area contributed by atoms with Gasteiger partial charge < -0.3 is 0 Å². The third-order valence-electron chi connectivity index (χ3n) is 4.48. The molecule has 0 saturated heterocycles. The second-order valence-electron chi connectivity index (χ2n) is 6.73. The Balaban J connectivity index is 1.59. The number of alkyl halides is 3. The van der Waals surface area contributed by atoms with E-state index in [0.717, 1.165) is 44.2 Å². The summed E-state index contributed by atoms with van der Waals surface area (Å²) in [5.41, 5.74) is 2.88. The minimum absolute atomic E-state index is 0.150. The zero-order valence-electron chi connectivity index (χ0n) is 16.4. The Bertz CT molecular complexity index is 1030. The van der Waals surface area contributed by atoms with E-state index in [2.05, 4.69) is 4.94 Å². The van der Waals surface area contributed by atoms with Gasteiger partial charge in [-0.2, -0.15) is 0 Å². The molecule has 0 aliphatic carbocycles. The Labute approximate surface area is 183 Å². The maximum absolute atomic E-state index is 12.7. The first kappa shape index (κ1) is 22.8. The molecule has 0 amide bonds. The molecule has 0 unspecified atom stereocenters. The molecule has 0 radical (unpaired) electrons. The van der Waals surface area contributed by atoms with Crippen LogP contribution in [0.4, 0.5) is 17.7 Å². The predicted molar refractivity (Wildman–Crippen MR) is 110 cm³/mol. The van der Waals surface area contributed by atoms with Crippen molar-refractivity contribution >= 4 is 25.4 Å². The van der Waals surface area contributed by atoms with Crippen LogP contribution in [0.15, 0.2) is 66.7 Å². The normalized spacial score (nSPS) is 11.3. The first-order valence-corrected chi connectivity index (χ1v) is 11.3. The van der Waals surface area contributed by atoms with Crippen LogP contribution in [0.3, 0.4) is 0 Å². The second kappa shape index (κ2) is 9.98. The third kappa shape index (κ3) is 6.32.